The maximum atomic E-state index is 9.87. The Morgan fingerprint density at radius 2 is 0.773 bits per heavy atom. The lowest BCUT2D eigenvalue weighted by Crippen LogP contribution is -2.43. The minimum Gasteiger partial charge on any atom is -0.391 e. The van der Waals surface area contributed by atoms with Crippen molar-refractivity contribution in [3.63, 3.8) is 0 Å². The minimum atomic E-state index is -1.65. The molecule has 0 aliphatic rings. The number of hydrogen-bond donors (Lipinski definition) is 8. The van der Waals surface area contributed by atoms with E-state index in [2.05, 4.69) is 0 Å². The van der Waals surface area contributed by atoms with Gasteiger partial charge in [-0.2, -0.15) is 0 Å². The Labute approximate surface area is 126 Å². The lowest BCUT2D eigenvalue weighted by atomic mass is 10.1. The second-order valence-electron chi connectivity index (χ2n) is 4.70. The summed E-state index contributed by atoms with van der Waals surface area (Å²) in [7, 11) is 0. The topological polar surface area (TPSA) is 196 Å². The summed E-state index contributed by atoms with van der Waals surface area (Å²) >= 11 is 0. The number of rotatable bonds is 8. The Hall–Kier alpha value is -0.980. The van der Waals surface area contributed by atoms with E-state index >= 15 is 0 Å². The number of aliphatic hydroxyl groups excluding tert-OH is 8. The second kappa shape index (κ2) is 11.6. The molecule has 8 atom stereocenters. The highest BCUT2D eigenvalue weighted by molar-refractivity contribution is 5.57. The first-order chi connectivity index (χ1) is 10.0. The second-order valence-corrected chi connectivity index (χ2v) is 4.70. The monoisotopic (exact) mass is 328 g/mol. The molecule has 0 aromatic heterocycles. The van der Waals surface area contributed by atoms with E-state index in [4.69, 9.17) is 40.9 Å². The van der Waals surface area contributed by atoms with Gasteiger partial charge in [-0.1, -0.05) is 0 Å². The molecule has 0 aromatic rings. The quantitative estimate of drug-likeness (QED) is 0.200. The van der Waals surface area contributed by atoms with Crippen LogP contribution in [0.1, 0.15) is 13.8 Å². The molecule has 0 spiro atoms. The molecule has 0 aromatic carbocycles. The van der Waals surface area contributed by atoms with Crippen LogP contribution in [0, 0.1) is 0 Å². The van der Waals surface area contributed by atoms with E-state index in [1.165, 1.54) is 13.8 Å². The maximum Gasteiger partial charge on any atom is 0.151 e. The van der Waals surface area contributed by atoms with Crippen molar-refractivity contribution in [1.82, 2.24) is 0 Å². The van der Waals surface area contributed by atoms with Gasteiger partial charge in [-0.05, 0) is 13.8 Å². The minimum absolute atomic E-state index is 0.0935. The molecule has 10 heteroatoms. The summed E-state index contributed by atoms with van der Waals surface area (Å²) in [6.07, 6.45) is -11.8. The molecule has 0 heterocycles. The number of carbonyl (C=O) groups is 2. The first-order valence-electron chi connectivity index (χ1n) is 6.36. The summed E-state index contributed by atoms with van der Waals surface area (Å²) in [6, 6.07) is 0. The Bertz CT molecular complexity index is 278. The molecule has 10 nitrogen and oxygen atoms in total. The van der Waals surface area contributed by atoms with Gasteiger partial charge in [-0.3, -0.25) is 0 Å². The smallest absolute Gasteiger partial charge is 0.151 e. The van der Waals surface area contributed by atoms with Gasteiger partial charge in [0.15, 0.2) is 12.6 Å². The lowest BCUT2D eigenvalue weighted by Gasteiger charge is -2.21. The molecule has 22 heavy (non-hydrogen) atoms. The fraction of sp³-hybridized carbons (Fsp3) is 0.833. The van der Waals surface area contributed by atoms with Crippen molar-refractivity contribution in [3.8, 4) is 0 Å². The van der Waals surface area contributed by atoms with E-state index in [9.17, 15) is 9.59 Å². The van der Waals surface area contributed by atoms with Crippen LogP contribution in [0.5, 0.6) is 0 Å². The van der Waals surface area contributed by atoms with Crippen LogP contribution in [0.3, 0.4) is 0 Å². The van der Waals surface area contributed by atoms with E-state index in [1.807, 2.05) is 0 Å². The fourth-order valence-electron chi connectivity index (χ4n) is 1.14. The average Bonchev–Trinajstić information content (AvgIpc) is 2.50. The molecule has 132 valence electrons. The van der Waals surface area contributed by atoms with Gasteiger partial charge >= 0.3 is 0 Å². The third-order valence-corrected chi connectivity index (χ3v) is 2.67. The Kier molecular flexibility index (Phi) is 12.2. The fourth-order valence-corrected chi connectivity index (χ4v) is 1.14. The summed E-state index contributed by atoms with van der Waals surface area (Å²) in [4.78, 5) is 19.7. The van der Waals surface area contributed by atoms with Gasteiger partial charge in [-0.15, -0.1) is 0 Å². The summed E-state index contributed by atoms with van der Waals surface area (Å²) in [5.74, 6) is 0. The van der Waals surface area contributed by atoms with Gasteiger partial charge in [0.05, 0.1) is 12.2 Å². The van der Waals surface area contributed by atoms with Gasteiger partial charge in [0, 0.05) is 0 Å². The lowest BCUT2D eigenvalue weighted by molar-refractivity contribution is -0.132. The molecule has 8 N–H and O–H groups in total. The molecule has 0 amide bonds. The van der Waals surface area contributed by atoms with Crippen molar-refractivity contribution < 1.29 is 50.4 Å². The SMILES string of the molecule is C[C@H](O)[C@@H](O)[C@@H](O)[C@H](O)C=O.C[C@H](O)[C@H](O)[C@@H](O)[C@@H](O)C=O. The first kappa shape index (κ1) is 23.3. The van der Waals surface area contributed by atoms with Crippen molar-refractivity contribution in [3.05, 3.63) is 0 Å². The molecular formula is C12H24O10. The standard InChI is InChI=1S/2C6H12O5/c2*1-3(8)5(10)6(11)4(9)2-7/h2*2-6,8-11H,1H3/t3-,4+,5+,6-;3-,4-,5-,6-/m00/s1. The van der Waals surface area contributed by atoms with E-state index < -0.39 is 48.8 Å². The summed E-state index contributed by atoms with van der Waals surface area (Å²) in [5.41, 5.74) is 0. The van der Waals surface area contributed by atoms with Crippen molar-refractivity contribution in [1.29, 1.82) is 0 Å². The van der Waals surface area contributed by atoms with Crippen molar-refractivity contribution >= 4 is 12.6 Å². The molecule has 0 unspecified atom stereocenters. The van der Waals surface area contributed by atoms with E-state index in [0.29, 0.717) is 0 Å². The van der Waals surface area contributed by atoms with Crippen molar-refractivity contribution in [2.45, 2.75) is 62.7 Å². The Balaban J connectivity index is 0. The van der Waals surface area contributed by atoms with E-state index in [-0.39, 0.29) is 12.6 Å². The van der Waals surface area contributed by atoms with Gasteiger partial charge in [0.2, 0.25) is 0 Å². The van der Waals surface area contributed by atoms with E-state index in [1.54, 1.807) is 0 Å². The van der Waals surface area contributed by atoms with Gasteiger partial charge in [0.25, 0.3) is 0 Å². The Morgan fingerprint density at radius 3 is 0.909 bits per heavy atom. The zero-order valence-electron chi connectivity index (χ0n) is 12.2. The molecular weight excluding hydrogens is 304 g/mol. The number of carbonyl (C=O) groups excluding carboxylic acids is 2. The number of hydrogen-bond acceptors (Lipinski definition) is 10. The molecule has 0 aliphatic carbocycles. The van der Waals surface area contributed by atoms with Crippen LogP contribution in [0.4, 0.5) is 0 Å². The highest BCUT2D eigenvalue weighted by Crippen LogP contribution is 2.03. The predicted octanol–water partition coefficient (Wildman–Crippen LogP) is -4.70. The molecule has 0 saturated carbocycles. The molecule has 0 fully saturated rings. The summed E-state index contributed by atoms with van der Waals surface area (Å²) in [5, 5.41) is 70.2. The van der Waals surface area contributed by atoms with Crippen LogP contribution >= 0.6 is 0 Å². The van der Waals surface area contributed by atoms with Crippen molar-refractivity contribution in [2.24, 2.45) is 0 Å². The zero-order chi connectivity index (χ0) is 18.0. The van der Waals surface area contributed by atoms with Crippen LogP contribution in [0.2, 0.25) is 0 Å². The van der Waals surface area contributed by atoms with Gasteiger partial charge < -0.3 is 50.4 Å². The summed E-state index contributed by atoms with van der Waals surface area (Å²) < 4.78 is 0. The van der Waals surface area contributed by atoms with Crippen molar-refractivity contribution in [2.75, 3.05) is 0 Å². The third-order valence-electron chi connectivity index (χ3n) is 2.67. The number of aldehydes is 2. The zero-order valence-corrected chi connectivity index (χ0v) is 12.2. The Morgan fingerprint density at radius 1 is 0.545 bits per heavy atom. The molecule has 0 saturated heterocycles. The van der Waals surface area contributed by atoms with Crippen LogP contribution in [0.25, 0.3) is 0 Å². The molecule has 0 radical (unpaired) electrons. The predicted molar refractivity (Wildman–Crippen MR) is 71.5 cm³/mol. The molecule has 0 aliphatic heterocycles. The molecule has 0 rings (SSSR count). The first-order valence-corrected chi connectivity index (χ1v) is 6.36. The van der Waals surface area contributed by atoms with Gasteiger partial charge in [0.1, 0.15) is 36.6 Å². The largest absolute Gasteiger partial charge is 0.391 e. The molecule has 0 bridgehead atoms. The number of aliphatic hydroxyl groups is 8. The van der Waals surface area contributed by atoms with Crippen LogP contribution in [-0.4, -0.2) is 102 Å². The van der Waals surface area contributed by atoms with E-state index in [0.717, 1.165) is 0 Å². The normalized spacial score (nSPS) is 21.9. The summed E-state index contributed by atoms with van der Waals surface area (Å²) in [6.45, 7) is 2.48. The maximum absolute atomic E-state index is 9.87. The van der Waals surface area contributed by atoms with Crippen LogP contribution in [-0.2, 0) is 9.59 Å². The highest BCUT2D eigenvalue weighted by Gasteiger charge is 2.28. The third kappa shape index (κ3) is 8.46. The van der Waals surface area contributed by atoms with Crippen LogP contribution < -0.4 is 0 Å². The van der Waals surface area contributed by atoms with Crippen LogP contribution in [0.15, 0.2) is 0 Å². The van der Waals surface area contributed by atoms with Gasteiger partial charge in [-0.25, -0.2) is 0 Å². The highest BCUT2D eigenvalue weighted by atomic mass is 16.4. The average molecular weight is 328 g/mol.